The Morgan fingerprint density at radius 2 is 0.911 bits per heavy atom. The molecule has 4 heteroatoms. The summed E-state index contributed by atoms with van der Waals surface area (Å²) >= 11 is 0. The van der Waals surface area contributed by atoms with Crippen molar-refractivity contribution in [2.75, 3.05) is 0 Å². The molecule has 0 N–H and O–H groups in total. The lowest BCUT2D eigenvalue weighted by atomic mass is 10.1. The van der Waals surface area contributed by atoms with E-state index < -0.39 is 0 Å². The molecule has 0 aliphatic carbocycles. The standard InChI is InChI=1S/C41H26N4/c1-2-12-29(13-3-1)39-42-40(44-41(43-39)32-19-18-27-10-4-5-14-31(27)26-32)30-20-23-33(24-21-30)45-37-17-9-8-16-35(37)36-25-22-28-11-6-7-15-34(28)38(36)45/h1-26H. The lowest BCUT2D eigenvalue weighted by molar-refractivity contribution is 1.07. The van der Waals surface area contributed by atoms with Crippen molar-refractivity contribution in [3.05, 3.63) is 158 Å². The lowest BCUT2D eigenvalue weighted by Gasteiger charge is -2.12. The summed E-state index contributed by atoms with van der Waals surface area (Å²) in [6.45, 7) is 0. The summed E-state index contributed by atoms with van der Waals surface area (Å²) in [6, 6.07) is 55.1. The van der Waals surface area contributed by atoms with Gasteiger partial charge in [-0.05, 0) is 52.6 Å². The summed E-state index contributed by atoms with van der Waals surface area (Å²) in [5.41, 5.74) is 6.34. The van der Waals surface area contributed by atoms with Gasteiger partial charge < -0.3 is 4.57 Å². The van der Waals surface area contributed by atoms with E-state index in [4.69, 9.17) is 15.0 Å². The highest BCUT2D eigenvalue weighted by atomic mass is 15.0. The van der Waals surface area contributed by atoms with Crippen LogP contribution < -0.4 is 0 Å². The van der Waals surface area contributed by atoms with Gasteiger partial charge in [-0.1, -0.05) is 121 Å². The first kappa shape index (κ1) is 25.4. The maximum atomic E-state index is 5.01. The van der Waals surface area contributed by atoms with Crippen LogP contribution in [0.25, 0.3) is 83.2 Å². The fourth-order valence-corrected chi connectivity index (χ4v) is 6.44. The minimum atomic E-state index is 0.645. The molecule has 0 spiro atoms. The van der Waals surface area contributed by atoms with Gasteiger partial charge in [0.05, 0.1) is 11.0 Å². The van der Waals surface area contributed by atoms with Crippen molar-refractivity contribution < 1.29 is 0 Å². The number of benzene rings is 7. The Labute approximate surface area is 259 Å². The van der Waals surface area contributed by atoms with Gasteiger partial charge in [0.25, 0.3) is 0 Å². The maximum absolute atomic E-state index is 5.01. The Morgan fingerprint density at radius 3 is 1.69 bits per heavy atom. The fraction of sp³-hybridized carbons (Fsp3) is 0. The molecule has 4 nitrogen and oxygen atoms in total. The molecule has 9 rings (SSSR count). The molecule has 9 aromatic rings. The average Bonchev–Trinajstić information content (AvgIpc) is 3.46. The molecule has 0 fully saturated rings. The van der Waals surface area contributed by atoms with Gasteiger partial charge in [-0.2, -0.15) is 0 Å². The number of fused-ring (bicyclic) bond motifs is 6. The molecule has 0 saturated carbocycles. The Hall–Kier alpha value is -6.13. The van der Waals surface area contributed by atoms with Crippen molar-refractivity contribution in [3.8, 4) is 39.9 Å². The van der Waals surface area contributed by atoms with Crippen molar-refractivity contribution >= 4 is 43.4 Å². The second-order valence-corrected chi connectivity index (χ2v) is 11.3. The lowest BCUT2D eigenvalue weighted by Crippen LogP contribution is -2.00. The third-order valence-corrected chi connectivity index (χ3v) is 8.62. The van der Waals surface area contributed by atoms with Crippen LogP contribution in [0, 0.1) is 0 Å². The van der Waals surface area contributed by atoms with Gasteiger partial charge >= 0.3 is 0 Å². The Bertz CT molecular complexity index is 2530. The van der Waals surface area contributed by atoms with Crippen LogP contribution in [-0.2, 0) is 0 Å². The summed E-state index contributed by atoms with van der Waals surface area (Å²) in [5, 5.41) is 7.30. The van der Waals surface area contributed by atoms with E-state index in [1.807, 2.05) is 30.3 Å². The molecule has 0 bridgehead atoms. The molecule has 210 valence electrons. The molecule has 45 heavy (non-hydrogen) atoms. The Kier molecular flexibility index (Phi) is 5.78. The van der Waals surface area contributed by atoms with E-state index >= 15 is 0 Å². The van der Waals surface area contributed by atoms with Crippen molar-refractivity contribution in [1.29, 1.82) is 0 Å². The van der Waals surface area contributed by atoms with Crippen molar-refractivity contribution in [2.24, 2.45) is 0 Å². The zero-order chi connectivity index (χ0) is 29.7. The van der Waals surface area contributed by atoms with Gasteiger partial charge in [-0.15, -0.1) is 0 Å². The summed E-state index contributed by atoms with van der Waals surface area (Å²) in [6.07, 6.45) is 0. The van der Waals surface area contributed by atoms with E-state index in [1.54, 1.807) is 0 Å². The monoisotopic (exact) mass is 574 g/mol. The third-order valence-electron chi connectivity index (χ3n) is 8.62. The largest absolute Gasteiger partial charge is 0.309 e. The van der Waals surface area contributed by atoms with Crippen LogP contribution in [-0.4, -0.2) is 19.5 Å². The van der Waals surface area contributed by atoms with E-state index in [0.29, 0.717) is 17.5 Å². The summed E-state index contributed by atoms with van der Waals surface area (Å²) < 4.78 is 2.38. The molecule has 0 aliphatic rings. The molecule has 0 aliphatic heterocycles. The van der Waals surface area contributed by atoms with Gasteiger partial charge in [-0.3, -0.25) is 0 Å². The Morgan fingerprint density at radius 1 is 0.356 bits per heavy atom. The van der Waals surface area contributed by atoms with Gasteiger partial charge in [0.15, 0.2) is 17.5 Å². The number of para-hydroxylation sites is 1. The number of rotatable bonds is 4. The van der Waals surface area contributed by atoms with Crippen LogP contribution >= 0.6 is 0 Å². The van der Waals surface area contributed by atoms with Gasteiger partial charge in [-0.25, -0.2) is 15.0 Å². The molecule has 0 radical (unpaired) electrons. The molecule has 0 unspecified atom stereocenters. The summed E-state index contributed by atoms with van der Waals surface area (Å²) in [5.74, 6) is 1.95. The molecular formula is C41H26N4. The van der Waals surface area contributed by atoms with Crippen molar-refractivity contribution in [2.45, 2.75) is 0 Å². The number of nitrogens with zero attached hydrogens (tertiary/aromatic N) is 4. The molecule has 2 aromatic heterocycles. The second-order valence-electron chi connectivity index (χ2n) is 11.3. The van der Waals surface area contributed by atoms with E-state index in [2.05, 4.69) is 132 Å². The molecule has 7 aromatic carbocycles. The minimum absolute atomic E-state index is 0.645. The molecule has 0 atom stereocenters. The average molecular weight is 575 g/mol. The Balaban J connectivity index is 1.21. The first-order chi connectivity index (χ1) is 22.3. The fourth-order valence-electron chi connectivity index (χ4n) is 6.44. The van der Waals surface area contributed by atoms with Crippen LogP contribution in [0.15, 0.2) is 158 Å². The van der Waals surface area contributed by atoms with Crippen LogP contribution in [0.2, 0.25) is 0 Å². The maximum Gasteiger partial charge on any atom is 0.164 e. The first-order valence-electron chi connectivity index (χ1n) is 15.1. The second kappa shape index (κ2) is 10.2. The third kappa shape index (κ3) is 4.27. The van der Waals surface area contributed by atoms with Crippen molar-refractivity contribution in [3.63, 3.8) is 0 Å². The smallest absolute Gasteiger partial charge is 0.164 e. The van der Waals surface area contributed by atoms with Crippen LogP contribution in [0.1, 0.15) is 0 Å². The highest BCUT2D eigenvalue weighted by Crippen LogP contribution is 2.37. The van der Waals surface area contributed by atoms with Crippen molar-refractivity contribution in [1.82, 2.24) is 19.5 Å². The quantitative estimate of drug-likeness (QED) is 0.210. The van der Waals surface area contributed by atoms with E-state index in [0.717, 1.165) is 27.8 Å². The topological polar surface area (TPSA) is 43.6 Å². The minimum Gasteiger partial charge on any atom is -0.309 e. The molecule has 2 heterocycles. The number of hydrogen-bond acceptors (Lipinski definition) is 3. The van der Waals surface area contributed by atoms with Crippen LogP contribution in [0.3, 0.4) is 0 Å². The first-order valence-corrected chi connectivity index (χ1v) is 15.1. The summed E-state index contributed by atoms with van der Waals surface area (Å²) in [7, 11) is 0. The van der Waals surface area contributed by atoms with Gasteiger partial charge in [0.2, 0.25) is 0 Å². The molecule has 0 amide bonds. The highest BCUT2D eigenvalue weighted by molar-refractivity contribution is 6.18. The van der Waals surface area contributed by atoms with Gasteiger partial charge in [0, 0.05) is 38.5 Å². The summed E-state index contributed by atoms with van der Waals surface area (Å²) in [4.78, 5) is 14.9. The van der Waals surface area contributed by atoms with Crippen LogP contribution in [0.5, 0.6) is 0 Å². The predicted octanol–water partition coefficient (Wildman–Crippen LogP) is 10.3. The van der Waals surface area contributed by atoms with E-state index in [-0.39, 0.29) is 0 Å². The predicted molar refractivity (Wildman–Crippen MR) is 185 cm³/mol. The van der Waals surface area contributed by atoms with Crippen LogP contribution in [0.4, 0.5) is 0 Å². The number of hydrogen-bond donors (Lipinski definition) is 0. The molecular weight excluding hydrogens is 548 g/mol. The van der Waals surface area contributed by atoms with Gasteiger partial charge in [0.1, 0.15) is 0 Å². The molecule has 0 saturated heterocycles. The zero-order valence-corrected chi connectivity index (χ0v) is 24.3. The highest BCUT2D eigenvalue weighted by Gasteiger charge is 2.16. The number of aromatic nitrogens is 4. The van der Waals surface area contributed by atoms with E-state index in [9.17, 15) is 0 Å². The normalized spacial score (nSPS) is 11.6. The zero-order valence-electron chi connectivity index (χ0n) is 24.3. The van der Waals surface area contributed by atoms with E-state index in [1.165, 1.54) is 38.0 Å². The SMILES string of the molecule is c1ccc(-c2nc(-c3ccc(-n4c5ccccc5c5ccc6ccccc6c54)cc3)nc(-c3ccc4ccccc4c3)n2)cc1.